The molecular weight excluding hydrogens is 430 g/mol. The van der Waals surface area contributed by atoms with Crippen molar-refractivity contribution in [2.45, 2.75) is 38.0 Å². The third-order valence-electron chi connectivity index (χ3n) is 3.19. The van der Waals surface area contributed by atoms with Crippen molar-refractivity contribution >= 4 is 29.8 Å². The molecule has 0 spiro atoms. The van der Waals surface area contributed by atoms with Crippen molar-refractivity contribution in [2.75, 3.05) is 18.3 Å². The molecule has 1 aliphatic carbocycles. The van der Waals surface area contributed by atoms with Gasteiger partial charge in [0.15, 0.2) is 0 Å². The molecule has 0 radical (unpaired) electrons. The Morgan fingerprint density at radius 3 is 1.82 bits per heavy atom. The van der Waals surface area contributed by atoms with Gasteiger partial charge in [0.2, 0.25) is 0 Å². The Labute approximate surface area is 158 Å². The highest BCUT2D eigenvalue weighted by molar-refractivity contribution is 7.95. The fraction of sp³-hybridized carbons (Fsp3) is 0.714. The van der Waals surface area contributed by atoms with Crippen LogP contribution in [0, 0.1) is 5.92 Å². The molecule has 0 aliphatic heterocycles. The molecule has 0 bridgehead atoms. The maximum atomic E-state index is 12.2. The quantitative estimate of drug-likeness (QED) is 0.249. The second-order valence-corrected chi connectivity index (χ2v) is 8.45. The van der Waals surface area contributed by atoms with Crippen LogP contribution in [0.4, 0.5) is 39.3 Å². The highest BCUT2D eigenvalue weighted by atomic mass is 32.2. The van der Waals surface area contributed by atoms with Gasteiger partial charge in [-0.05, 0) is 48.6 Å². The van der Waals surface area contributed by atoms with E-state index in [1.165, 1.54) is 0 Å². The molecule has 0 atom stereocenters. The Morgan fingerprint density at radius 1 is 1.04 bits per heavy atom. The van der Waals surface area contributed by atoms with E-state index >= 15 is 0 Å². The molecule has 0 saturated heterocycles. The number of rotatable bonds is 7. The molecule has 0 aromatic carbocycles. The maximum absolute atomic E-state index is 12.2. The Bertz CT molecular complexity index is 564. The Kier molecular flexibility index (Phi) is 9.95. The van der Waals surface area contributed by atoms with Crippen molar-refractivity contribution in [1.82, 2.24) is 0 Å². The molecule has 28 heavy (non-hydrogen) atoms. The van der Waals surface area contributed by atoms with Crippen LogP contribution in [-0.4, -0.2) is 49.5 Å². The predicted octanol–water partition coefficient (Wildman–Crippen LogP) is 4.55. The lowest BCUT2D eigenvalue weighted by molar-refractivity contribution is -0.193. The number of alkyl halides is 6. The number of hydrogen-bond donors (Lipinski definition) is 0. The van der Waals surface area contributed by atoms with Crippen molar-refractivity contribution in [2.24, 2.45) is 5.92 Å². The standard InChI is InChI=1S/C12H18F3OS.C2BF6O2/c1-17(2)7-3-4-10(9-5-6-9)8-11(16)12(13,14)15;4-2(5,6)1(10)11-3(7,8)9/h8-9H,3-7H2,1-2H3;/q+1;-1/b10-8-;. The molecule has 164 valence electrons. The first-order chi connectivity index (χ1) is 12.4. The van der Waals surface area contributed by atoms with Crippen LogP contribution in [0.2, 0.25) is 0 Å². The van der Waals surface area contributed by atoms with Crippen LogP contribution in [0.15, 0.2) is 11.6 Å². The molecule has 0 unspecified atom stereocenters. The van der Waals surface area contributed by atoms with Gasteiger partial charge in [-0.2, -0.15) is 26.3 Å². The zero-order chi connectivity index (χ0) is 22.3. The molecule has 1 saturated carbocycles. The summed E-state index contributed by atoms with van der Waals surface area (Å²) in [6.45, 7) is 0. The van der Waals surface area contributed by atoms with E-state index < -0.39 is 31.3 Å². The molecule has 0 aromatic heterocycles. The third-order valence-corrected chi connectivity index (χ3v) is 4.29. The van der Waals surface area contributed by atoms with Crippen LogP contribution < -0.4 is 0 Å². The van der Waals surface area contributed by atoms with E-state index in [0.717, 1.165) is 31.1 Å². The highest BCUT2D eigenvalue weighted by Crippen LogP contribution is 2.39. The summed E-state index contributed by atoms with van der Waals surface area (Å²) in [5.74, 6) is -3.70. The molecular formula is C14H18BF9O3S. The topological polar surface area (TPSA) is 43.4 Å². The zero-order valence-electron chi connectivity index (χ0n) is 14.8. The number of ketones is 1. The zero-order valence-corrected chi connectivity index (χ0v) is 15.6. The average molecular weight is 448 g/mol. The Morgan fingerprint density at radius 2 is 1.54 bits per heavy atom. The molecule has 1 fully saturated rings. The van der Waals surface area contributed by atoms with E-state index in [9.17, 15) is 48.9 Å². The summed E-state index contributed by atoms with van der Waals surface area (Å²) in [5.41, 5.74) is 0.706. The lowest BCUT2D eigenvalue weighted by atomic mass is 10.0. The summed E-state index contributed by atoms with van der Waals surface area (Å²) < 4.78 is 104. The van der Waals surface area contributed by atoms with Crippen molar-refractivity contribution in [1.29, 1.82) is 0 Å². The molecule has 0 amide bonds. The van der Waals surface area contributed by atoms with E-state index in [-0.39, 0.29) is 5.92 Å². The lowest BCUT2D eigenvalue weighted by Gasteiger charge is -2.17. The largest absolute Gasteiger partial charge is 0.702 e. The molecule has 0 heterocycles. The number of halogens is 9. The monoisotopic (exact) mass is 448 g/mol. The molecule has 3 nitrogen and oxygen atoms in total. The second-order valence-electron chi connectivity index (χ2n) is 6.07. The summed E-state index contributed by atoms with van der Waals surface area (Å²) in [6, 6.07) is 0. The lowest BCUT2D eigenvalue weighted by Crippen LogP contribution is -2.34. The number of carbonyl (C=O) groups is 2. The van der Waals surface area contributed by atoms with Gasteiger partial charge in [-0.3, -0.25) is 4.79 Å². The van der Waals surface area contributed by atoms with E-state index in [4.69, 9.17) is 0 Å². The molecule has 1 aliphatic rings. The molecule has 14 heteroatoms. The number of carbonyl (C=O) groups excluding carboxylic acids is 2. The summed E-state index contributed by atoms with van der Waals surface area (Å²) >= 11 is 0. The van der Waals surface area contributed by atoms with Crippen LogP contribution in [0.3, 0.4) is 0 Å². The first-order valence-corrected chi connectivity index (χ1v) is 9.99. The summed E-state index contributed by atoms with van der Waals surface area (Å²) in [4.78, 5) is 20.3. The van der Waals surface area contributed by atoms with Gasteiger partial charge in [0.25, 0.3) is 5.78 Å². The van der Waals surface area contributed by atoms with Gasteiger partial charge in [-0.25, -0.2) is 4.79 Å². The van der Waals surface area contributed by atoms with Crippen LogP contribution in [0.25, 0.3) is 0 Å². The normalized spacial score (nSPS) is 15.8. The SMILES string of the molecule is C[S+](C)CCC/C(=C/C(=O)C(F)(F)F)C1CC1.O=C(O[B-](F)(F)F)C(F)(F)F. The van der Waals surface area contributed by atoms with Gasteiger partial charge in [0.1, 0.15) is 5.75 Å². The van der Waals surface area contributed by atoms with Crippen molar-refractivity contribution in [3.05, 3.63) is 11.6 Å². The third kappa shape index (κ3) is 12.9. The van der Waals surface area contributed by atoms with Crippen molar-refractivity contribution in [3.8, 4) is 0 Å². The fourth-order valence-corrected chi connectivity index (χ4v) is 2.57. The maximum Gasteiger partial charge on any atom is 0.702 e. The molecule has 0 aromatic rings. The summed E-state index contributed by atoms with van der Waals surface area (Å²) in [7, 11) is -5.87. The van der Waals surface area contributed by atoms with Gasteiger partial charge in [0.05, 0.1) is 12.5 Å². The Balaban J connectivity index is 0.000000576. The fourth-order valence-electron chi connectivity index (χ4n) is 1.85. The molecule has 0 N–H and O–H groups in total. The van der Waals surface area contributed by atoms with Gasteiger partial charge in [0, 0.05) is 0 Å². The summed E-state index contributed by atoms with van der Waals surface area (Å²) in [5, 5.41) is 0. The highest BCUT2D eigenvalue weighted by Gasteiger charge is 2.45. The van der Waals surface area contributed by atoms with Gasteiger partial charge in [-0.1, -0.05) is 5.57 Å². The van der Waals surface area contributed by atoms with Crippen LogP contribution in [-0.2, 0) is 25.1 Å². The Hall–Kier alpha value is -1.34. The first-order valence-electron chi connectivity index (χ1n) is 7.78. The minimum absolute atomic E-state index is 0.233. The van der Waals surface area contributed by atoms with E-state index in [2.05, 4.69) is 17.2 Å². The predicted molar refractivity (Wildman–Crippen MR) is 86.4 cm³/mol. The van der Waals surface area contributed by atoms with E-state index in [1.807, 2.05) is 0 Å². The van der Waals surface area contributed by atoms with Crippen LogP contribution in [0.5, 0.6) is 0 Å². The minimum atomic E-state index is -6.18. The minimum Gasteiger partial charge on any atom is -0.602 e. The van der Waals surface area contributed by atoms with Crippen LogP contribution >= 0.6 is 0 Å². The van der Waals surface area contributed by atoms with Gasteiger partial charge >= 0.3 is 25.5 Å². The molecule has 1 rings (SSSR count). The first kappa shape index (κ1) is 26.7. The number of allylic oxidation sites excluding steroid dienone is 2. The van der Waals surface area contributed by atoms with Crippen molar-refractivity contribution < 1.29 is 53.5 Å². The van der Waals surface area contributed by atoms with Gasteiger partial charge in [-0.15, -0.1) is 0 Å². The smallest absolute Gasteiger partial charge is 0.602 e. The number of hydrogen-bond acceptors (Lipinski definition) is 3. The van der Waals surface area contributed by atoms with Crippen LogP contribution in [0.1, 0.15) is 25.7 Å². The van der Waals surface area contributed by atoms with E-state index in [1.54, 1.807) is 0 Å². The van der Waals surface area contributed by atoms with Crippen molar-refractivity contribution in [3.63, 3.8) is 0 Å². The van der Waals surface area contributed by atoms with E-state index in [0.29, 0.717) is 22.9 Å². The average Bonchev–Trinajstić information content (AvgIpc) is 3.27. The van der Waals surface area contributed by atoms with Gasteiger partial charge < -0.3 is 17.6 Å². The summed E-state index contributed by atoms with van der Waals surface area (Å²) in [6.07, 6.45) is -1.88. The second kappa shape index (κ2) is 10.4.